The molecule has 0 aliphatic rings. The summed E-state index contributed by atoms with van der Waals surface area (Å²) >= 11 is 1.26. The molecule has 4 rings (SSSR count). The monoisotopic (exact) mass is 545 g/mol. The minimum atomic E-state index is -0.201. The fourth-order valence-corrected chi connectivity index (χ4v) is 4.54. The Morgan fingerprint density at radius 3 is 2.31 bits per heavy atom. The maximum absolute atomic E-state index is 12.8. The van der Waals surface area contributed by atoms with Crippen molar-refractivity contribution in [2.45, 2.75) is 32.5 Å². The lowest BCUT2D eigenvalue weighted by atomic mass is 10.1. The molecule has 2 amide bonds. The van der Waals surface area contributed by atoms with Crippen molar-refractivity contribution < 1.29 is 19.1 Å². The number of nitrogens with one attached hydrogen (secondary N) is 2. The summed E-state index contributed by atoms with van der Waals surface area (Å²) in [6.45, 7) is 6.63. The van der Waals surface area contributed by atoms with Gasteiger partial charge in [-0.3, -0.25) is 14.2 Å². The van der Waals surface area contributed by atoms with Crippen molar-refractivity contribution in [2.75, 3.05) is 24.8 Å². The number of benzene rings is 3. The number of aryl methyl sites for hydroxylation is 2. The third kappa shape index (κ3) is 7.17. The summed E-state index contributed by atoms with van der Waals surface area (Å²) in [6, 6.07) is 20.2. The number of carbonyl (C=O) groups excluding carboxylic acids is 2. The van der Waals surface area contributed by atoms with Gasteiger partial charge in [0.05, 0.1) is 26.0 Å². The van der Waals surface area contributed by atoms with Crippen LogP contribution in [0.2, 0.25) is 0 Å². The molecule has 0 radical (unpaired) electrons. The second kappa shape index (κ2) is 13.0. The highest BCUT2D eigenvalue weighted by Crippen LogP contribution is 2.25. The van der Waals surface area contributed by atoms with Crippen LogP contribution in [-0.4, -0.2) is 46.0 Å². The standard InChI is InChI=1S/C29H31N5O4S/c1-5-38-25-14-10-23(11-15-25)34-26(17-30-28(36)21-7-6-19(2)20(3)16-21)32-33-29(34)39-18-27(35)31-22-8-12-24(37-4)13-9-22/h6-16H,5,17-18H2,1-4H3,(H,30,36)(H,31,35). The number of anilines is 1. The first kappa shape index (κ1) is 27.7. The van der Waals surface area contributed by atoms with Gasteiger partial charge in [-0.25, -0.2) is 0 Å². The van der Waals surface area contributed by atoms with E-state index in [4.69, 9.17) is 9.47 Å². The number of methoxy groups -OCH3 is 1. The maximum Gasteiger partial charge on any atom is 0.251 e. The third-order valence-corrected chi connectivity index (χ3v) is 6.92. The lowest BCUT2D eigenvalue weighted by molar-refractivity contribution is -0.113. The second-order valence-electron chi connectivity index (χ2n) is 8.71. The topological polar surface area (TPSA) is 107 Å². The average molecular weight is 546 g/mol. The highest BCUT2D eigenvalue weighted by Gasteiger charge is 2.18. The molecule has 1 heterocycles. The number of rotatable bonds is 11. The molecule has 0 unspecified atom stereocenters. The van der Waals surface area contributed by atoms with E-state index < -0.39 is 0 Å². The van der Waals surface area contributed by atoms with E-state index in [0.29, 0.717) is 34.6 Å². The summed E-state index contributed by atoms with van der Waals surface area (Å²) in [5, 5.41) is 15.0. The lowest BCUT2D eigenvalue weighted by Crippen LogP contribution is -2.24. The van der Waals surface area contributed by atoms with Gasteiger partial charge in [0.15, 0.2) is 11.0 Å². The summed E-state index contributed by atoms with van der Waals surface area (Å²) in [6.07, 6.45) is 0. The maximum atomic E-state index is 12.8. The Bertz CT molecular complexity index is 1440. The lowest BCUT2D eigenvalue weighted by Gasteiger charge is -2.12. The Balaban J connectivity index is 1.50. The number of hydrogen-bond acceptors (Lipinski definition) is 7. The SMILES string of the molecule is CCOc1ccc(-n2c(CNC(=O)c3ccc(C)c(C)c3)nnc2SCC(=O)Nc2ccc(OC)cc2)cc1. The van der Waals surface area contributed by atoms with Gasteiger partial charge in [-0.1, -0.05) is 17.8 Å². The summed E-state index contributed by atoms with van der Waals surface area (Å²) in [7, 11) is 1.59. The number of amides is 2. The second-order valence-corrected chi connectivity index (χ2v) is 9.65. The Morgan fingerprint density at radius 2 is 1.64 bits per heavy atom. The minimum absolute atomic E-state index is 0.121. The van der Waals surface area contributed by atoms with Crippen LogP contribution >= 0.6 is 11.8 Å². The highest BCUT2D eigenvalue weighted by molar-refractivity contribution is 7.99. The van der Waals surface area contributed by atoms with Gasteiger partial charge in [-0.05, 0) is 92.6 Å². The first-order valence-electron chi connectivity index (χ1n) is 12.5. The molecule has 3 aromatic carbocycles. The Labute approximate surface area is 231 Å². The molecule has 0 fully saturated rings. The molecule has 0 saturated carbocycles. The fraction of sp³-hybridized carbons (Fsp3) is 0.241. The van der Waals surface area contributed by atoms with Gasteiger partial charge in [0, 0.05) is 16.9 Å². The molecule has 0 bridgehead atoms. The predicted molar refractivity (Wildman–Crippen MR) is 152 cm³/mol. The Hall–Kier alpha value is -4.31. The zero-order valence-electron chi connectivity index (χ0n) is 22.4. The van der Waals surface area contributed by atoms with Crippen LogP contribution in [0.4, 0.5) is 5.69 Å². The van der Waals surface area contributed by atoms with E-state index in [1.165, 1.54) is 11.8 Å². The van der Waals surface area contributed by atoms with Crippen LogP contribution in [-0.2, 0) is 11.3 Å². The number of carbonyl (C=O) groups is 2. The summed E-state index contributed by atoms with van der Waals surface area (Å²) in [5.74, 6) is 1.73. The first-order valence-corrected chi connectivity index (χ1v) is 13.5. The van der Waals surface area contributed by atoms with Gasteiger partial charge < -0.3 is 20.1 Å². The molecular formula is C29H31N5O4S. The molecule has 202 valence electrons. The van der Waals surface area contributed by atoms with Crippen molar-refractivity contribution in [1.29, 1.82) is 0 Å². The summed E-state index contributed by atoms with van der Waals surface area (Å²) < 4.78 is 12.6. The highest BCUT2D eigenvalue weighted by atomic mass is 32.2. The number of hydrogen-bond donors (Lipinski definition) is 2. The van der Waals surface area contributed by atoms with Gasteiger partial charge in [-0.2, -0.15) is 0 Å². The van der Waals surface area contributed by atoms with Gasteiger partial charge in [-0.15, -0.1) is 10.2 Å². The molecule has 10 heteroatoms. The van der Waals surface area contributed by atoms with Gasteiger partial charge >= 0.3 is 0 Å². The van der Waals surface area contributed by atoms with Crippen molar-refractivity contribution in [2.24, 2.45) is 0 Å². The molecule has 9 nitrogen and oxygen atoms in total. The number of nitrogens with zero attached hydrogens (tertiary/aromatic N) is 3. The van der Waals surface area contributed by atoms with Crippen LogP contribution < -0.4 is 20.1 Å². The Morgan fingerprint density at radius 1 is 0.923 bits per heavy atom. The van der Waals surface area contributed by atoms with Crippen LogP contribution in [0.1, 0.15) is 34.2 Å². The molecule has 0 saturated heterocycles. The van der Waals surface area contributed by atoms with Crippen LogP contribution in [0.15, 0.2) is 71.9 Å². The molecule has 0 aliphatic heterocycles. The molecule has 2 N–H and O–H groups in total. The molecule has 0 aliphatic carbocycles. The molecule has 0 spiro atoms. The van der Waals surface area contributed by atoms with E-state index in [0.717, 1.165) is 22.6 Å². The van der Waals surface area contributed by atoms with Crippen molar-refractivity contribution in [3.8, 4) is 17.2 Å². The van der Waals surface area contributed by atoms with Gasteiger partial charge in [0.1, 0.15) is 11.5 Å². The van der Waals surface area contributed by atoms with Gasteiger partial charge in [0.25, 0.3) is 5.91 Å². The zero-order chi connectivity index (χ0) is 27.8. The van der Waals surface area contributed by atoms with Crippen molar-refractivity contribution in [1.82, 2.24) is 20.1 Å². The number of aromatic nitrogens is 3. The Kier molecular flexibility index (Phi) is 9.22. The van der Waals surface area contributed by atoms with Crippen molar-refractivity contribution in [3.05, 3.63) is 89.2 Å². The average Bonchev–Trinajstić information content (AvgIpc) is 3.36. The molecule has 0 atom stereocenters. The predicted octanol–water partition coefficient (Wildman–Crippen LogP) is 4.95. The number of thioether (sulfide) groups is 1. The van der Waals surface area contributed by atoms with E-state index in [1.54, 1.807) is 37.4 Å². The molecular weight excluding hydrogens is 514 g/mol. The quantitative estimate of drug-likeness (QED) is 0.257. The van der Waals surface area contributed by atoms with Crippen LogP contribution in [0.5, 0.6) is 11.5 Å². The summed E-state index contributed by atoms with van der Waals surface area (Å²) in [4.78, 5) is 25.5. The largest absolute Gasteiger partial charge is 0.497 e. The van der Waals surface area contributed by atoms with E-state index in [9.17, 15) is 9.59 Å². The smallest absolute Gasteiger partial charge is 0.251 e. The van der Waals surface area contributed by atoms with Gasteiger partial charge in [0.2, 0.25) is 5.91 Å². The minimum Gasteiger partial charge on any atom is -0.497 e. The number of ether oxygens (including phenoxy) is 2. The van der Waals surface area contributed by atoms with Crippen LogP contribution in [0.25, 0.3) is 5.69 Å². The van der Waals surface area contributed by atoms with Crippen molar-refractivity contribution >= 4 is 29.3 Å². The van der Waals surface area contributed by atoms with E-state index >= 15 is 0 Å². The van der Waals surface area contributed by atoms with Crippen molar-refractivity contribution in [3.63, 3.8) is 0 Å². The fourth-order valence-electron chi connectivity index (χ4n) is 3.77. The molecule has 1 aromatic heterocycles. The molecule has 4 aromatic rings. The van der Waals surface area contributed by atoms with E-state index in [2.05, 4.69) is 20.8 Å². The van der Waals surface area contributed by atoms with Crippen LogP contribution in [0, 0.1) is 13.8 Å². The van der Waals surface area contributed by atoms with E-state index in [1.807, 2.05) is 61.7 Å². The third-order valence-electron chi connectivity index (χ3n) is 5.99. The van der Waals surface area contributed by atoms with Crippen LogP contribution in [0.3, 0.4) is 0 Å². The molecule has 39 heavy (non-hydrogen) atoms. The zero-order valence-corrected chi connectivity index (χ0v) is 23.2. The first-order chi connectivity index (χ1) is 18.9. The van der Waals surface area contributed by atoms with E-state index in [-0.39, 0.29) is 24.1 Å². The summed E-state index contributed by atoms with van der Waals surface area (Å²) in [5.41, 5.74) is 4.21. The normalized spacial score (nSPS) is 10.7.